The van der Waals surface area contributed by atoms with E-state index in [4.69, 9.17) is 19.4 Å². The van der Waals surface area contributed by atoms with Crippen LogP contribution in [-0.4, -0.2) is 77.0 Å². The molecule has 2 saturated heterocycles. The van der Waals surface area contributed by atoms with Crippen molar-refractivity contribution in [2.45, 2.75) is 90.8 Å². The highest BCUT2D eigenvalue weighted by Gasteiger charge is 2.38. The Morgan fingerprint density at radius 1 is 0.696 bits per heavy atom. The van der Waals surface area contributed by atoms with Crippen LogP contribution in [0.1, 0.15) is 94.7 Å². The number of alkyl carbamates (subject to hydrolysis) is 1. The molecule has 2 aliphatic heterocycles. The molecule has 0 saturated carbocycles. The number of likely N-dealkylation sites (tertiary alicyclic amines) is 2. The van der Waals surface area contributed by atoms with Crippen LogP contribution in [0, 0.1) is 17.8 Å². The van der Waals surface area contributed by atoms with Crippen molar-refractivity contribution >= 4 is 46.6 Å². The number of nitrogens with one attached hydrogen (secondary N) is 1. The summed E-state index contributed by atoms with van der Waals surface area (Å²) in [5, 5.41) is 4.57. The number of ether oxygens (including phenoxy) is 2. The lowest BCUT2D eigenvalue weighted by atomic mass is 9.92. The van der Waals surface area contributed by atoms with Gasteiger partial charge < -0.3 is 24.6 Å². The van der Waals surface area contributed by atoms with E-state index in [0.29, 0.717) is 25.9 Å². The zero-order valence-electron chi connectivity index (χ0n) is 33.2. The summed E-state index contributed by atoms with van der Waals surface area (Å²) in [6, 6.07) is 16.1. The second kappa shape index (κ2) is 18.5. The first-order valence-corrected chi connectivity index (χ1v) is 21.2. The van der Waals surface area contributed by atoms with Crippen LogP contribution in [-0.2, 0) is 23.9 Å². The van der Waals surface area contributed by atoms with Crippen molar-refractivity contribution in [2.24, 2.45) is 17.8 Å². The third kappa shape index (κ3) is 9.66. The predicted molar refractivity (Wildman–Crippen MR) is 220 cm³/mol. The number of esters is 1. The molecule has 11 nitrogen and oxygen atoms in total. The van der Waals surface area contributed by atoms with E-state index in [0.717, 1.165) is 67.7 Å². The Bertz CT molecular complexity index is 1830. The smallest absolute Gasteiger partial charge is 0.407 e. The molecule has 0 spiro atoms. The van der Waals surface area contributed by atoms with Gasteiger partial charge in [0.1, 0.15) is 16.1 Å². The first-order valence-electron chi connectivity index (χ1n) is 19.6. The molecule has 4 atom stereocenters. The van der Waals surface area contributed by atoms with Crippen LogP contribution in [0.15, 0.2) is 60.9 Å². The average molecular weight is 800 g/mol. The van der Waals surface area contributed by atoms with Gasteiger partial charge in [-0.25, -0.2) is 14.8 Å². The number of methoxy groups -OCH3 is 2. The molecule has 1 N–H and O–H groups in total. The molecule has 0 aliphatic carbocycles. The minimum absolute atomic E-state index is 0.0171. The Morgan fingerprint density at radius 2 is 1.16 bits per heavy atom. The van der Waals surface area contributed by atoms with Gasteiger partial charge in [-0.15, -0.1) is 22.7 Å². The second-order valence-corrected chi connectivity index (χ2v) is 17.7. The van der Waals surface area contributed by atoms with Crippen LogP contribution in [0.5, 0.6) is 0 Å². The fraction of sp³-hybridized carbons (Fsp3) is 0.488. The number of aromatic nitrogens is 2. The fourth-order valence-electron chi connectivity index (χ4n) is 7.83. The molecule has 0 radical (unpaired) electrons. The summed E-state index contributed by atoms with van der Waals surface area (Å²) in [6.45, 7) is 9.50. The summed E-state index contributed by atoms with van der Waals surface area (Å²) in [6.07, 6.45) is 7.95. The molecular weight excluding hydrogens is 747 g/mol. The van der Waals surface area contributed by atoms with Crippen LogP contribution < -0.4 is 5.32 Å². The molecule has 4 heterocycles. The summed E-state index contributed by atoms with van der Waals surface area (Å²) in [5.74, 6) is -0.306. The zero-order chi connectivity index (χ0) is 39.9. The van der Waals surface area contributed by atoms with Gasteiger partial charge in [0.15, 0.2) is 0 Å². The lowest BCUT2D eigenvalue weighted by Crippen LogP contribution is -2.48. The van der Waals surface area contributed by atoms with Gasteiger partial charge >= 0.3 is 12.1 Å². The van der Waals surface area contributed by atoms with Gasteiger partial charge in [0, 0.05) is 31.4 Å². The largest absolute Gasteiger partial charge is 0.469 e. The number of carbonyl (C=O) groups excluding carboxylic acids is 4. The molecule has 13 heteroatoms. The van der Waals surface area contributed by atoms with E-state index in [1.165, 1.54) is 14.2 Å². The van der Waals surface area contributed by atoms with Gasteiger partial charge in [-0.05, 0) is 72.6 Å². The molecule has 4 aromatic rings. The number of thiazole rings is 2. The van der Waals surface area contributed by atoms with E-state index in [1.807, 2.05) is 36.0 Å². The molecule has 2 aromatic heterocycles. The van der Waals surface area contributed by atoms with E-state index in [1.54, 1.807) is 22.7 Å². The van der Waals surface area contributed by atoms with Gasteiger partial charge in [0.2, 0.25) is 11.8 Å². The fourth-order valence-corrected chi connectivity index (χ4v) is 9.97. The topological polar surface area (TPSA) is 131 Å². The van der Waals surface area contributed by atoms with E-state index in [9.17, 15) is 19.2 Å². The number of benzene rings is 2. The van der Waals surface area contributed by atoms with E-state index >= 15 is 0 Å². The van der Waals surface area contributed by atoms with E-state index < -0.39 is 18.1 Å². The third-order valence-corrected chi connectivity index (χ3v) is 12.9. The highest BCUT2D eigenvalue weighted by Crippen LogP contribution is 2.40. The number of amides is 3. The average Bonchev–Trinajstić information content (AvgIpc) is 4.03. The van der Waals surface area contributed by atoms with Crippen molar-refractivity contribution in [1.29, 1.82) is 0 Å². The van der Waals surface area contributed by atoms with Crippen molar-refractivity contribution in [3.8, 4) is 32.0 Å². The number of hydrogen-bond donors (Lipinski definition) is 1. The molecule has 2 aromatic carbocycles. The zero-order valence-corrected chi connectivity index (χ0v) is 34.8. The van der Waals surface area contributed by atoms with Gasteiger partial charge in [0.05, 0.1) is 42.5 Å². The molecule has 6 rings (SSSR count). The van der Waals surface area contributed by atoms with Crippen molar-refractivity contribution in [2.75, 3.05) is 27.3 Å². The molecule has 2 aliphatic rings. The minimum atomic E-state index is -0.641. The van der Waals surface area contributed by atoms with Crippen LogP contribution in [0.4, 0.5) is 4.79 Å². The lowest BCUT2D eigenvalue weighted by Gasteiger charge is -2.28. The number of rotatable bonds is 14. The van der Waals surface area contributed by atoms with Crippen LogP contribution in [0.3, 0.4) is 0 Å². The van der Waals surface area contributed by atoms with Crippen molar-refractivity contribution in [3.05, 3.63) is 70.9 Å². The molecule has 0 bridgehead atoms. The Labute approximate surface area is 337 Å². The molecule has 298 valence electrons. The van der Waals surface area contributed by atoms with E-state index in [2.05, 4.69) is 67.7 Å². The number of hydrogen-bond acceptors (Lipinski definition) is 10. The standard InChI is InChI=1S/C43H53N5O6S2/c1-26(2)21-32(23-38(49)53-5)41(50)47-19-7-9-34(47)39-44-24-36(55-39)30-15-11-28(12-16-30)29-13-17-31(18-14-29)37-25-45-40(56-37)35-10-8-20-48(35)42(51)33(22-27(3)4)46-43(52)54-6/h11-18,24-27,32-35H,7-10,19-23H2,1-6H3,(H,46,52)/t32-,33+,34+,35+/m1/s1. The quantitative estimate of drug-likeness (QED) is 0.125. The van der Waals surface area contributed by atoms with Crippen LogP contribution in [0.25, 0.3) is 32.0 Å². The van der Waals surface area contributed by atoms with Gasteiger partial charge in [-0.2, -0.15) is 0 Å². The molecule has 2 fully saturated rings. The second-order valence-electron chi connectivity index (χ2n) is 15.6. The predicted octanol–water partition coefficient (Wildman–Crippen LogP) is 8.92. The summed E-state index contributed by atoms with van der Waals surface area (Å²) in [5.41, 5.74) is 4.33. The lowest BCUT2D eigenvalue weighted by molar-refractivity contribution is -0.147. The number of nitrogens with zero attached hydrogens (tertiary/aromatic N) is 4. The van der Waals surface area contributed by atoms with Gasteiger partial charge in [0.25, 0.3) is 0 Å². The Morgan fingerprint density at radius 3 is 1.61 bits per heavy atom. The van der Waals surface area contributed by atoms with Crippen LogP contribution in [0.2, 0.25) is 0 Å². The Kier molecular flexibility index (Phi) is 13.6. The molecule has 56 heavy (non-hydrogen) atoms. The van der Waals surface area contributed by atoms with Crippen molar-refractivity contribution in [1.82, 2.24) is 25.1 Å². The summed E-state index contributed by atoms with van der Waals surface area (Å²) in [7, 11) is 2.68. The first-order chi connectivity index (χ1) is 26.9. The normalized spacial score (nSPS) is 18.0. The number of carbonyl (C=O) groups is 4. The molecule has 0 unspecified atom stereocenters. The monoisotopic (exact) mass is 799 g/mol. The van der Waals surface area contributed by atoms with E-state index in [-0.39, 0.29) is 48.1 Å². The van der Waals surface area contributed by atoms with Gasteiger partial charge in [-0.1, -0.05) is 76.2 Å². The Hall–Kier alpha value is -4.62. The SMILES string of the molecule is COC(=O)C[C@@H](CC(C)C)C(=O)N1CCC[C@H]1c1ncc(-c2ccc(-c3ccc(-c4cnc([C@@H]5CCCN5C(=O)[C@H](CC(C)C)NC(=O)OC)s4)cc3)cc2)s1. The summed E-state index contributed by atoms with van der Waals surface area (Å²) >= 11 is 3.23. The molecular formula is C43H53N5O6S2. The Balaban J connectivity index is 1.10. The van der Waals surface area contributed by atoms with Crippen molar-refractivity contribution in [3.63, 3.8) is 0 Å². The third-order valence-electron chi connectivity index (χ3n) is 10.6. The first kappa shape index (κ1) is 41.0. The maximum absolute atomic E-state index is 13.7. The maximum atomic E-state index is 13.7. The summed E-state index contributed by atoms with van der Waals surface area (Å²) in [4.78, 5) is 66.9. The minimum Gasteiger partial charge on any atom is -0.469 e. The highest BCUT2D eigenvalue weighted by atomic mass is 32.1. The van der Waals surface area contributed by atoms with Gasteiger partial charge in [-0.3, -0.25) is 14.4 Å². The van der Waals surface area contributed by atoms with Crippen molar-refractivity contribution < 1.29 is 28.7 Å². The summed E-state index contributed by atoms with van der Waals surface area (Å²) < 4.78 is 9.70. The molecule has 3 amide bonds. The van der Waals surface area contributed by atoms with Crippen LogP contribution >= 0.6 is 22.7 Å². The highest BCUT2D eigenvalue weighted by molar-refractivity contribution is 7.15. The maximum Gasteiger partial charge on any atom is 0.407 e.